The number of aromatic nitrogens is 2. The van der Waals surface area contributed by atoms with Crippen LogP contribution in [0, 0.1) is 5.92 Å². The Morgan fingerprint density at radius 1 is 1.32 bits per heavy atom. The van der Waals surface area contributed by atoms with Gasteiger partial charge >= 0.3 is 0 Å². The quantitative estimate of drug-likeness (QED) is 0.809. The van der Waals surface area contributed by atoms with E-state index in [1.165, 1.54) is 11.1 Å². The number of carbonyl (C=O) groups is 1. The number of amides is 1. The molecule has 2 aliphatic rings. The molecule has 0 spiro atoms. The number of piperidine rings is 1. The van der Waals surface area contributed by atoms with Crippen LogP contribution in [0.15, 0.2) is 11.0 Å². The van der Waals surface area contributed by atoms with Crippen LogP contribution in [0.1, 0.15) is 47.1 Å². The van der Waals surface area contributed by atoms with Crippen molar-refractivity contribution < 1.29 is 4.79 Å². The van der Waals surface area contributed by atoms with Crippen molar-refractivity contribution in [3.05, 3.63) is 32.7 Å². The van der Waals surface area contributed by atoms with Crippen LogP contribution in [-0.4, -0.2) is 33.3 Å². The third-order valence-electron chi connectivity index (χ3n) is 4.85. The lowest BCUT2D eigenvalue weighted by atomic mass is 9.99. The Morgan fingerprint density at radius 2 is 2.09 bits per heavy atom. The Balaban J connectivity index is 1.74. The zero-order valence-electron chi connectivity index (χ0n) is 12.7. The van der Waals surface area contributed by atoms with Crippen molar-refractivity contribution in [2.45, 2.75) is 39.0 Å². The van der Waals surface area contributed by atoms with Gasteiger partial charge in [-0.2, -0.15) is 0 Å². The summed E-state index contributed by atoms with van der Waals surface area (Å²) in [7, 11) is 0. The van der Waals surface area contributed by atoms with Crippen molar-refractivity contribution in [1.29, 1.82) is 0 Å². The lowest BCUT2D eigenvalue weighted by Gasteiger charge is -2.30. The van der Waals surface area contributed by atoms with Gasteiger partial charge in [0.1, 0.15) is 5.56 Å². The van der Waals surface area contributed by atoms with Crippen molar-refractivity contribution in [1.82, 2.24) is 14.3 Å². The predicted octanol–water partition coefficient (Wildman–Crippen LogP) is 2.12. The van der Waals surface area contributed by atoms with E-state index in [4.69, 9.17) is 0 Å². The molecule has 2 aromatic heterocycles. The zero-order chi connectivity index (χ0) is 15.3. The Labute approximate surface area is 132 Å². The number of nitrogens with zero attached hydrogens (tertiary/aromatic N) is 3. The molecule has 0 radical (unpaired) electrons. The summed E-state index contributed by atoms with van der Waals surface area (Å²) in [6.45, 7) is 3.69. The van der Waals surface area contributed by atoms with E-state index >= 15 is 0 Å². The molecule has 1 aliphatic heterocycles. The Bertz CT molecular complexity index is 800. The number of carbonyl (C=O) groups excluding carboxylic acids is 1. The van der Waals surface area contributed by atoms with Gasteiger partial charge in [0.25, 0.3) is 11.5 Å². The molecule has 5 nitrogen and oxygen atoms in total. The van der Waals surface area contributed by atoms with Gasteiger partial charge in [-0.1, -0.05) is 6.92 Å². The third-order valence-corrected chi connectivity index (χ3v) is 6.01. The molecule has 0 aromatic carbocycles. The van der Waals surface area contributed by atoms with E-state index in [2.05, 4.69) is 11.9 Å². The summed E-state index contributed by atoms with van der Waals surface area (Å²) in [5, 5.41) is 0. The van der Waals surface area contributed by atoms with Gasteiger partial charge in [0.05, 0.1) is 0 Å². The molecule has 1 saturated heterocycles. The van der Waals surface area contributed by atoms with Crippen LogP contribution >= 0.6 is 11.3 Å². The van der Waals surface area contributed by atoms with Gasteiger partial charge in [0.2, 0.25) is 0 Å². The molecule has 22 heavy (non-hydrogen) atoms. The molecule has 0 saturated carbocycles. The third kappa shape index (κ3) is 2.08. The number of likely N-dealkylation sites (tertiary alicyclic amines) is 1. The summed E-state index contributed by atoms with van der Waals surface area (Å²) in [5.74, 6) is 0.502. The van der Waals surface area contributed by atoms with Gasteiger partial charge < -0.3 is 4.90 Å². The highest BCUT2D eigenvalue weighted by Crippen LogP contribution is 2.29. The summed E-state index contributed by atoms with van der Waals surface area (Å²) >= 11 is 1.58. The molecule has 1 fully saturated rings. The first-order chi connectivity index (χ1) is 10.6. The second-order valence-electron chi connectivity index (χ2n) is 6.40. The van der Waals surface area contributed by atoms with Crippen LogP contribution in [0.4, 0.5) is 0 Å². The molecular formula is C16H19N3O2S. The van der Waals surface area contributed by atoms with Gasteiger partial charge in [-0.25, -0.2) is 4.98 Å². The molecule has 0 N–H and O–H groups in total. The van der Waals surface area contributed by atoms with Gasteiger partial charge in [-0.3, -0.25) is 14.0 Å². The standard InChI is InChI=1S/C16H19N3O2S/c1-10-5-7-18(8-6-10)14(20)11-9-17-16-19(15(11)21)12-3-2-4-13(12)22-16/h9-10H,2-8H2,1H3. The highest BCUT2D eigenvalue weighted by molar-refractivity contribution is 7.17. The van der Waals surface area contributed by atoms with Crippen molar-refractivity contribution >= 4 is 22.2 Å². The maximum absolute atomic E-state index is 12.8. The number of hydrogen-bond donors (Lipinski definition) is 0. The van der Waals surface area contributed by atoms with Gasteiger partial charge in [-0.15, -0.1) is 11.3 Å². The van der Waals surface area contributed by atoms with E-state index in [-0.39, 0.29) is 17.0 Å². The fourth-order valence-electron chi connectivity index (χ4n) is 3.44. The van der Waals surface area contributed by atoms with Crippen LogP contribution in [-0.2, 0) is 12.8 Å². The van der Waals surface area contributed by atoms with E-state index in [9.17, 15) is 9.59 Å². The summed E-state index contributed by atoms with van der Waals surface area (Å²) in [6, 6.07) is 0. The first-order valence-electron chi connectivity index (χ1n) is 7.96. The van der Waals surface area contributed by atoms with Gasteiger partial charge in [0, 0.05) is 29.9 Å². The average Bonchev–Trinajstić information content (AvgIpc) is 3.08. The average molecular weight is 317 g/mol. The van der Waals surface area contributed by atoms with Crippen molar-refractivity contribution in [3.63, 3.8) is 0 Å². The lowest BCUT2D eigenvalue weighted by Crippen LogP contribution is -2.40. The molecule has 0 bridgehead atoms. The lowest BCUT2D eigenvalue weighted by molar-refractivity contribution is 0.0695. The minimum Gasteiger partial charge on any atom is -0.338 e. The highest BCUT2D eigenvalue weighted by Gasteiger charge is 2.26. The van der Waals surface area contributed by atoms with E-state index in [1.54, 1.807) is 20.6 Å². The van der Waals surface area contributed by atoms with E-state index in [0.717, 1.165) is 55.8 Å². The smallest absolute Gasteiger partial charge is 0.271 e. The van der Waals surface area contributed by atoms with Gasteiger partial charge in [-0.05, 0) is 38.0 Å². The van der Waals surface area contributed by atoms with Crippen LogP contribution in [0.2, 0.25) is 0 Å². The van der Waals surface area contributed by atoms with E-state index < -0.39 is 0 Å². The second kappa shape index (κ2) is 5.19. The van der Waals surface area contributed by atoms with Crippen LogP contribution in [0.3, 0.4) is 0 Å². The van der Waals surface area contributed by atoms with Crippen molar-refractivity contribution in [2.75, 3.05) is 13.1 Å². The molecule has 0 atom stereocenters. The SMILES string of the molecule is CC1CCN(C(=O)c2cnc3sc4c(n3c2=O)CCC4)CC1. The first kappa shape index (κ1) is 13.9. The van der Waals surface area contributed by atoms with E-state index in [1.807, 2.05) is 0 Å². The fraction of sp³-hybridized carbons (Fsp3) is 0.562. The van der Waals surface area contributed by atoms with Crippen LogP contribution in [0.25, 0.3) is 4.96 Å². The largest absolute Gasteiger partial charge is 0.338 e. The molecule has 1 aliphatic carbocycles. The summed E-state index contributed by atoms with van der Waals surface area (Å²) < 4.78 is 1.67. The predicted molar refractivity (Wildman–Crippen MR) is 85.7 cm³/mol. The van der Waals surface area contributed by atoms with Crippen molar-refractivity contribution in [3.8, 4) is 0 Å². The minimum atomic E-state index is -0.187. The molecule has 2 aromatic rings. The molecule has 3 heterocycles. The van der Waals surface area contributed by atoms with Crippen LogP contribution in [0.5, 0.6) is 0 Å². The Kier molecular flexibility index (Phi) is 3.29. The summed E-state index contributed by atoms with van der Waals surface area (Å²) in [4.78, 5) is 33.6. The number of rotatable bonds is 1. The maximum atomic E-state index is 12.8. The number of hydrogen-bond acceptors (Lipinski definition) is 4. The maximum Gasteiger partial charge on any atom is 0.271 e. The summed E-state index contributed by atoms with van der Waals surface area (Å²) in [6.07, 6.45) is 6.52. The number of aryl methyl sites for hydroxylation is 2. The molecule has 6 heteroatoms. The Hall–Kier alpha value is -1.69. The molecule has 1 amide bonds. The Morgan fingerprint density at radius 3 is 2.86 bits per heavy atom. The monoisotopic (exact) mass is 317 g/mol. The van der Waals surface area contributed by atoms with Crippen LogP contribution < -0.4 is 5.56 Å². The first-order valence-corrected chi connectivity index (χ1v) is 8.78. The minimum absolute atomic E-state index is 0.156. The molecule has 116 valence electrons. The summed E-state index contributed by atoms with van der Waals surface area (Å²) in [5.41, 5.74) is 1.10. The second-order valence-corrected chi connectivity index (χ2v) is 7.46. The molecule has 4 rings (SSSR count). The fourth-order valence-corrected chi connectivity index (χ4v) is 4.60. The molecule has 0 unspecified atom stereocenters. The van der Waals surface area contributed by atoms with Gasteiger partial charge in [0.15, 0.2) is 4.96 Å². The van der Waals surface area contributed by atoms with Crippen molar-refractivity contribution in [2.24, 2.45) is 5.92 Å². The van der Waals surface area contributed by atoms with E-state index in [0.29, 0.717) is 5.92 Å². The molecular weight excluding hydrogens is 298 g/mol. The number of fused-ring (bicyclic) bond motifs is 3. The highest BCUT2D eigenvalue weighted by atomic mass is 32.1. The topological polar surface area (TPSA) is 54.7 Å². The normalized spacial score (nSPS) is 18.9. The number of thiazole rings is 1. The zero-order valence-corrected chi connectivity index (χ0v) is 13.5.